The molecule has 0 unspecified atom stereocenters. The molecule has 0 saturated carbocycles. The van der Waals surface area contributed by atoms with Gasteiger partial charge in [-0.05, 0) is 39.7 Å². The molecule has 1 aromatic carbocycles. The van der Waals surface area contributed by atoms with E-state index < -0.39 is 0 Å². The number of hydrogen-bond donors (Lipinski definition) is 0. The van der Waals surface area contributed by atoms with Gasteiger partial charge in [0.1, 0.15) is 5.75 Å². The zero-order chi connectivity index (χ0) is 14.5. The predicted molar refractivity (Wildman–Crippen MR) is 80.7 cm³/mol. The predicted octanol–water partition coefficient (Wildman–Crippen LogP) is 3.12. The van der Waals surface area contributed by atoms with Crippen molar-refractivity contribution in [3.63, 3.8) is 0 Å². The summed E-state index contributed by atoms with van der Waals surface area (Å²) in [5.74, 6) is 0.744. The highest BCUT2D eigenvalue weighted by atomic mass is 79.9. The molecule has 1 heterocycles. The summed E-state index contributed by atoms with van der Waals surface area (Å²) in [4.78, 5) is 17.9. The largest absolute Gasteiger partial charge is 0.497 e. The van der Waals surface area contributed by atoms with Crippen molar-refractivity contribution >= 4 is 21.8 Å². The van der Waals surface area contributed by atoms with Gasteiger partial charge in [-0.3, -0.25) is 9.78 Å². The molecule has 0 bridgehead atoms. The van der Waals surface area contributed by atoms with Crippen molar-refractivity contribution in [2.45, 2.75) is 6.54 Å². The van der Waals surface area contributed by atoms with Crippen LogP contribution in [0.5, 0.6) is 5.75 Å². The number of amides is 1. The Morgan fingerprint density at radius 3 is 2.60 bits per heavy atom. The highest BCUT2D eigenvalue weighted by Crippen LogP contribution is 2.15. The van der Waals surface area contributed by atoms with Gasteiger partial charge >= 0.3 is 0 Å². The fourth-order valence-electron chi connectivity index (χ4n) is 1.83. The average Bonchev–Trinajstić information content (AvgIpc) is 2.47. The van der Waals surface area contributed by atoms with E-state index >= 15 is 0 Å². The molecule has 1 aromatic heterocycles. The van der Waals surface area contributed by atoms with Gasteiger partial charge in [-0.2, -0.15) is 0 Å². The Morgan fingerprint density at radius 2 is 2.00 bits per heavy atom. The molecule has 1 amide bonds. The van der Waals surface area contributed by atoms with E-state index in [4.69, 9.17) is 4.74 Å². The fraction of sp³-hybridized carbons (Fsp3) is 0.200. The second-order valence-corrected chi connectivity index (χ2v) is 5.32. The van der Waals surface area contributed by atoms with Crippen LogP contribution in [0, 0.1) is 0 Å². The number of carbonyl (C=O) groups is 1. The van der Waals surface area contributed by atoms with Gasteiger partial charge in [0.05, 0.1) is 12.7 Å². The summed E-state index contributed by atoms with van der Waals surface area (Å²) in [5.41, 5.74) is 1.61. The maximum absolute atomic E-state index is 12.3. The van der Waals surface area contributed by atoms with Gasteiger partial charge in [-0.25, -0.2) is 0 Å². The third kappa shape index (κ3) is 3.57. The molecule has 2 rings (SSSR count). The molecule has 0 atom stereocenters. The Morgan fingerprint density at radius 1 is 1.30 bits per heavy atom. The van der Waals surface area contributed by atoms with Gasteiger partial charge in [0, 0.05) is 30.5 Å². The molecular weight excluding hydrogens is 320 g/mol. The quantitative estimate of drug-likeness (QED) is 0.862. The van der Waals surface area contributed by atoms with Gasteiger partial charge in [-0.15, -0.1) is 0 Å². The minimum atomic E-state index is -0.0605. The minimum absolute atomic E-state index is 0.0605. The molecule has 0 spiro atoms. The zero-order valence-corrected chi connectivity index (χ0v) is 12.9. The Bertz CT molecular complexity index is 599. The summed E-state index contributed by atoms with van der Waals surface area (Å²) in [6.07, 6.45) is 3.22. The molecular formula is C15H15BrN2O2. The molecule has 0 aliphatic rings. The number of benzene rings is 1. The standard InChI is InChI=1S/C15H15BrN2O2/c1-18(10-11-3-5-14(20-2)6-4-11)15(19)12-7-13(16)9-17-8-12/h3-9H,10H2,1-2H3. The van der Waals surface area contributed by atoms with E-state index in [1.54, 1.807) is 37.5 Å². The Kier molecular flexibility index (Phi) is 4.74. The Hall–Kier alpha value is -1.88. The molecule has 0 N–H and O–H groups in total. The van der Waals surface area contributed by atoms with Crippen molar-refractivity contribution in [1.29, 1.82) is 0 Å². The van der Waals surface area contributed by atoms with Crippen LogP contribution in [0.2, 0.25) is 0 Å². The molecule has 0 radical (unpaired) electrons. The SMILES string of the molecule is COc1ccc(CN(C)C(=O)c2cncc(Br)c2)cc1. The number of ether oxygens (including phenoxy) is 1. The van der Waals surface area contributed by atoms with Crippen LogP contribution in [-0.2, 0) is 6.54 Å². The number of methoxy groups -OCH3 is 1. The summed E-state index contributed by atoms with van der Waals surface area (Å²) < 4.78 is 5.90. The smallest absolute Gasteiger partial charge is 0.255 e. The summed E-state index contributed by atoms with van der Waals surface area (Å²) >= 11 is 3.32. The van der Waals surface area contributed by atoms with E-state index in [0.717, 1.165) is 15.8 Å². The lowest BCUT2D eigenvalue weighted by Gasteiger charge is -2.17. The van der Waals surface area contributed by atoms with E-state index in [1.807, 2.05) is 24.3 Å². The second-order valence-electron chi connectivity index (χ2n) is 4.40. The molecule has 0 saturated heterocycles. The number of hydrogen-bond acceptors (Lipinski definition) is 3. The first-order valence-corrected chi connectivity index (χ1v) is 6.88. The number of rotatable bonds is 4. The molecule has 0 aliphatic carbocycles. The lowest BCUT2D eigenvalue weighted by Crippen LogP contribution is -2.26. The van der Waals surface area contributed by atoms with Crippen LogP contribution >= 0.6 is 15.9 Å². The van der Waals surface area contributed by atoms with Crippen LogP contribution in [0.3, 0.4) is 0 Å². The maximum atomic E-state index is 12.3. The minimum Gasteiger partial charge on any atom is -0.497 e. The van der Waals surface area contributed by atoms with Crippen molar-refractivity contribution in [1.82, 2.24) is 9.88 Å². The molecule has 4 nitrogen and oxygen atoms in total. The van der Waals surface area contributed by atoms with Crippen LogP contribution in [-0.4, -0.2) is 29.9 Å². The van der Waals surface area contributed by atoms with Crippen molar-refractivity contribution in [2.24, 2.45) is 0 Å². The molecule has 0 aliphatic heterocycles. The lowest BCUT2D eigenvalue weighted by molar-refractivity contribution is 0.0784. The van der Waals surface area contributed by atoms with Crippen molar-refractivity contribution in [2.75, 3.05) is 14.2 Å². The van der Waals surface area contributed by atoms with E-state index in [-0.39, 0.29) is 5.91 Å². The number of carbonyl (C=O) groups excluding carboxylic acids is 1. The topological polar surface area (TPSA) is 42.4 Å². The second kappa shape index (κ2) is 6.52. The summed E-state index contributed by atoms with van der Waals surface area (Å²) in [6.45, 7) is 0.537. The number of pyridine rings is 1. The highest BCUT2D eigenvalue weighted by molar-refractivity contribution is 9.10. The first-order chi connectivity index (χ1) is 9.60. The Labute approximate surface area is 126 Å². The van der Waals surface area contributed by atoms with Gasteiger partial charge in [0.25, 0.3) is 5.91 Å². The van der Waals surface area contributed by atoms with Crippen LogP contribution < -0.4 is 4.74 Å². The lowest BCUT2D eigenvalue weighted by atomic mass is 10.2. The van der Waals surface area contributed by atoms with Gasteiger partial charge < -0.3 is 9.64 Å². The van der Waals surface area contributed by atoms with E-state index in [9.17, 15) is 4.79 Å². The highest BCUT2D eigenvalue weighted by Gasteiger charge is 2.12. The third-order valence-corrected chi connectivity index (χ3v) is 3.31. The van der Waals surface area contributed by atoms with Crippen LogP contribution in [0.4, 0.5) is 0 Å². The third-order valence-electron chi connectivity index (χ3n) is 2.88. The fourth-order valence-corrected chi connectivity index (χ4v) is 2.19. The van der Waals surface area contributed by atoms with Crippen LogP contribution in [0.15, 0.2) is 47.2 Å². The summed E-state index contributed by atoms with van der Waals surface area (Å²) in [6, 6.07) is 9.42. The molecule has 20 heavy (non-hydrogen) atoms. The molecule has 2 aromatic rings. The van der Waals surface area contributed by atoms with Crippen molar-refractivity contribution in [3.05, 3.63) is 58.3 Å². The summed E-state index contributed by atoms with van der Waals surface area (Å²) in [5, 5.41) is 0. The van der Waals surface area contributed by atoms with Gasteiger partial charge in [0.2, 0.25) is 0 Å². The van der Waals surface area contributed by atoms with Crippen LogP contribution in [0.1, 0.15) is 15.9 Å². The monoisotopic (exact) mass is 334 g/mol. The van der Waals surface area contributed by atoms with Crippen molar-refractivity contribution in [3.8, 4) is 5.75 Å². The normalized spacial score (nSPS) is 10.2. The molecule has 5 heteroatoms. The zero-order valence-electron chi connectivity index (χ0n) is 11.3. The van der Waals surface area contributed by atoms with E-state index in [0.29, 0.717) is 12.1 Å². The number of aromatic nitrogens is 1. The maximum Gasteiger partial charge on any atom is 0.255 e. The first kappa shape index (κ1) is 14.5. The average molecular weight is 335 g/mol. The first-order valence-electron chi connectivity index (χ1n) is 6.09. The van der Waals surface area contributed by atoms with Gasteiger partial charge in [0.15, 0.2) is 0 Å². The van der Waals surface area contributed by atoms with Gasteiger partial charge in [-0.1, -0.05) is 12.1 Å². The van der Waals surface area contributed by atoms with E-state index in [2.05, 4.69) is 20.9 Å². The summed E-state index contributed by atoms with van der Waals surface area (Å²) in [7, 11) is 3.40. The molecule has 104 valence electrons. The van der Waals surface area contributed by atoms with Crippen LogP contribution in [0.25, 0.3) is 0 Å². The number of halogens is 1. The molecule has 0 fully saturated rings. The Balaban J connectivity index is 2.07. The number of nitrogens with zero attached hydrogens (tertiary/aromatic N) is 2. The van der Waals surface area contributed by atoms with E-state index in [1.165, 1.54) is 0 Å². The van der Waals surface area contributed by atoms with Crippen molar-refractivity contribution < 1.29 is 9.53 Å².